The summed E-state index contributed by atoms with van der Waals surface area (Å²) in [6.45, 7) is 6.90. The summed E-state index contributed by atoms with van der Waals surface area (Å²) in [5.41, 5.74) is 4.95. The number of amides is 1. The van der Waals surface area contributed by atoms with E-state index in [1.54, 1.807) is 17.6 Å². The van der Waals surface area contributed by atoms with E-state index in [1.165, 1.54) is 21.8 Å². The Bertz CT molecular complexity index is 770. The molecule has 0 fully saturated rings. The molecular weight excluding hydrogens is 360 g/mol. The molecule has 0 aromatic carbocycles. The zero-order chi connectivity index (χ0) is 17.3. The number of rotatable bonds is 3. The Hall–Kier alpha value is -1.17. The summed E-state index contributed by atoms with van der Waals surface area (Å²) in [4.78, 5) is 14.7. The van der Waals surface area contributed by atoms with Gasteiger partial charge in [-0.3, -0.25) is 4.79 Å². The molecule has 1 amide bonds. The number of thiophene rings is 2. The molecule has 2 heterocycles. The fraction of sp³-hybridized carbons (Fsp3) is 0.444. The Balaban J connectivity index is 1.67. The second kappa shape index (κ2) is 6.98. The third kappa shape index (κ3) is 3.90. The van der Waals surface area contributed by atoms with Crippen molar-refractivity contribution in [2.75, 3.05) is 0 Å². The highest BCUT2D eigenvalue weighted by Crippen LogP contribution is 2.40. The van der Waals surface area contributed by atoms with Crippen LogP contribution in [0.1, 0.15) is 52.9 Å². The highest BCUT2D eigenvalue weighted by Gasteiger charge is 2.31. The third-order valence-corrected chi connectivity index (χ3v) is 6.79. The van der Waals surface area contributed by atoms with Crippen molar-refractivity contribution >= 4 is 46.4 Å². The zero-order valence-electron chi connectivity index (χ0n) is 14.1. The highest BCUT2D eigenvalue weighted by molar-refractivity contribution is 7.17. The largest absolute Gasteiger partial charge is 0.272 e. The Morgan fingerprint density at radius 3 is 2.88 bits per heavy atom. The maximum absolute atomic E-state index is 12.4. The van der Waals surface area contributed by atoms with Gasteiger partial charge in [0.1, 0.15) is 0 Å². The van der Waals surface area contributed by atoms with Crippen molar-refractivity contribution in [2.45, 2.75) is 40.0 Å². The molecule has 0 aliphatic heterocycles. The van der Waals surface area contributed by atoms with Gasteiger partial charge in [0, 0.05) is 15.1 Å². The van der Waals surface area contributed by atoms with E-state index < -0.39 is 0 Å². The van der Waals surface area contributed by atoms with Gasteiger partial charge in [-0.1, -0.05) is 32.4 Å². The van der Waals surface area contributed by atoms with Crippen molar-refractivity contribution < 1.29 is 4.79 Å². The lowest BCUT2D eigenvalue weighted by Crippen LogP contribution is -2.27. The molecule has 1 atom stereocenters. The van der Waals surface area contributed by atoms with Crippen LogP contribution in [0, 0.1) is 11.3 Å². The molecule has 1 N–H and O–H groups in total. The van der Waals surface area contributed by atoms with Gasteiger partial charge < -0.3 is 0 Å². The molecule has 0 saturated carbocycles. The summed E-state index contributed by atoms with van der Waals surface area (Å²) >= 11 is 9.01. The number of hydrogen-bond donors (Lipinski definition) is 1. The van der Waals surface area contributed by atoms with Gasteiger partial charge in [0.05, 0.1) is 16.1 Å². The summed E-state index contributed by atoms with van der Waals surface area (Å²) in [5, 5.41) is 6.02. The van der Waals surface area contributed by atoms with Crippen LogP contribution in [0.15, 0.2) is 22.6 Å². The van der Waals surface area contributed by atoms with Crippen molar-refractivity contribution in [3.63, 3.8) is 0 Å². The standard InChI is InChI=1S/C18H21ClN2OS2/c1-18(2,3)11-4-6-13-14(10-23-15(13)8-11)17(22)21-20-9-12-5-7-16(19)24-12/h5,7,9-11H,4,6,8H2,1-3H3,(H,21,22). The first-order chi connectivity index (χ1) is 11.3. The Labute approximate surface area is 155 Å². The Kier molecular flexibility index (Phi) is 5.13. The summed E-state index contributed by atoms with van der Waals surface area (Å²) in [5.74, 6) is 0.557. The van der Waals surface area contributed by atoms with Crippen LogP contribution in [0.2, 0.25) is 4.34 Å². The van der Waals surface area contributed by atoms with E-state index in [4.69, 9.17) is 11.6 Å². The Morgan fingerprint density at radius 1 is 1.42 bits per heavy atom. The van der Waals surface area contributed by atoms with E-state index in [0.29, 0.717) is 15.7 Å². The first-order valence-corrected chi connectivity index (χ1v) is 10.1. The van der Waals surface area contributed by atoms with Gasteiger partial charge in [0.2, 0.25) is 0 Å². The zero-order valence-corrected chi connectivity index (χ0v) is 16.4. The number of carbonyl (C=O) groups excluding carboxylic acids is 1. The van der Waals surface area contributed by atoms with Crippen molar-refractivity contribution in [1.29, 1.82) is 0 Å². The van der Waals surface area contributed by atoms with Gasteiger partial charge in [-0.2, -0.15) is 5.10 Å². The van der Waals surface area contributed by atoms with Crippen molar-refractivity contribution in [3.05, 3.63) is 42.7 Å². The molecule has 0 radical (unpaired) electrons. The number of hydrazone groups is 1. The van der Waals surface area contributed by atoms with Crippen molar-refractivity contribution in [1.82, 2.24) is 5.43 Å². The predicted octanol–water partition coefficient (Wildman–Crippen LogP) is 5.38. The molecule has 0 spiro atoms. The molecule has 1 aliphatic carbocycles. The average molecular weight is 381 g/mol. The maximum Gasteiger partial charge on any atom is 0.272 e. The first kappa shape index (κ1) is 17.6. The van der Waals surface area contributed by atoms with E-state index in [2.05, 4.69) is 31.3 Å². The molecular formula is C18H21ClN2OS2. The van der Waals surface area contributed by atoms with Gasteiger partial charge in [-0.15, -0.1) is 22.7 Å². The highest BCUT2D eigenvalue weighted by atomic mass is 35.5. The van der Waals surface area contributed by atoms with Crippen molar-refractivity contribution in [3.8, 4) is 0 Å². The van der Waals surface area contributed by atoms with E-state index in [1.807, 2.05) is 17.5 Å². The molecule has 3 nitrogen and oxygen atoms in total. The normalized spacial score (nSPS) is 17.9. The molecule has 6 heteroatoms. The fourth-order valence-corrected chi connectivity index (χ4v) is 5.15. The van der Waals surface area contributed by atoms with E-state index in [-0.39, 0.29) is 5.91 Å². The fourth-order valence-electron chi connectivity index (χ4n) is 3.05. The lowest BCUT2D eigenvalue weighted by molar-refractivity contribution is 0.0954. The van der Waals surface area contributed by atoms with Crippen LogP contribution in [0.25, 0.3) is 0 Å². The molecule has 0 saturated heterocycles. The van der Waals surface area contributed by atoms with Crippen LogP contribution in [0.3, 0.4) is 0 Å². The summed E-state index contributed by atoms with van der Waals surface area (Å²) < 4.78 is 0.711. The summed E-state index contributed by atoms with van der Waals surface area (Å²) in [6, 6.07) is 3.69. The second-order valence-corrected chi connectivity index (χ2v) is 9.91. The predicted molar refractivity (Wildman–Crippen MR) is 104 cm³/mol. The molecule has 0 bridgehead atoms. The minimum absolute atomic E-state index is 0.124. The number of carbonyl (C=O) groups is 1. The second-order valence-electron chi connectivity index (χ2n) is 7.20. The average Bonchev–Trinajstić information content (AvgIpc) is 3.11. The van der Waals surface area contributed by atoms with E-state index >= 15 is 0 Å². The molecule has 2 aromatic heterocycles. The van der Waals surface area contributed by atoms with Crippen LogP contribution < -0.4 is 5.43 Å². The number of nitrogens with zero attached hydrogens (tertiary/aromatic N) is 1. The lowest BCUT2D eigenvalue weighted by atomic mass is 9.72. The van der Waals surface area contributed by atoms with E-state index in [9.17, 15) is 4.79 Å². The smallest absolute Gasteiger partial charge is 0.267 e. The summed E-state index contributed by atoms with van der Waals surface area (Å²) in [7, 11) is 0. The number of nitrogens with one attached hydrogen (secondary N) is 1. The van der Waals surface area contributed by atoms with Crippen LogP contribution in [0.5, 0.6) is 0 Å². The number of hydrogen-bond acceptors (Lipinski definition) is 4. The monoisotopic (exact) mass is 380 g/mol. The van der Waals surface area contributed by atoms with Gasteiger partial charge in [0.25, 0.3) is 5.91 Å². The molecule has 1 aliphatic rings. The minimum atomic E-state index is -0.124. The van der Waals surface area contributed by atoms with Gasteiger partial charge >= 0.3 is 0 Å². The Morgan fingerprint density at radius 2 is 2.21 bits per heavy atom. The SMILES string of the molecule is CC(C)(C)C1CCc2c(C(=O)NN=Cc3ccc(Cl)s3)csc2C1. The van der Waals surface area contributed by atoms with Crippen LogP contribution in [-0.4, -0.2) is 12.1 Å². The summed E-state index contributed by atoms with van der Waals surface area (Å²) in [6.07, 6.45) is 4.83. The number of fused-ring (bicyclic) bond motifs is 1. The van der Waals surface area contributed by atoms with Gasteiger partial charge in [0.15, 0.2) is 0 Å². The quantitative estimate of drug-likeness (QED) is 0.563. The van der Waals surface area contributed by atoms with E-state index in [0.717, 1.165) is 29.7 Å². The van der Waals surface area contributed by atoms with Gasteiger partial charge in [-0.05, 0) is 48.3 Å². The molecule has 24 heavy (non-hydrogen) atoms. The van der Waals surface area contributed by atoms with Crippen LogP contribution in [0.4, 0.5) is 0 Å². The molecule has 2 aromatic rings. The van der Waals surface area contributed by atoms with Crippen molar-refractivity contribution in [2.24, 2.45) is 16.4 Å². The maximum atomic E-state index is 12.4. The minimum Gasteiger partial charge on any atom is -0.267 e. The lowest BCUT2D eigenvalue weighted by Gasteiger charge is -2.33. The molecule has 1 unspecified atom stereocenters. The van der Waals surface area contributed by atoms with Gasteiger partial charge in [-0.25, -0.2) is 5.43 Å². The van der Waals surface area contributed by atoms with Crippen LogP contribution in [-0.2, 0) is 12.8 Å². The number of halogens is 1. The molecule has 128 valence electrons. The first-order valence-electron chi connectivity index (χ1n) is 8.02. The third-order valence-electron chi connectivity index (χ3n) is 4.58. The molecule has 3 rings (SSSR count). The van der Waals surface area contributed by atoms with Crippen LogP contribution >= 0.6 is 34.3 Å². The topological polar surface area (TPSA) is 41.5 Å².